The molecule has 3 fully saturated rings. The molecule has 20 heavy (non-hydrogen) atoms. The summed E-state index contributed by atoms with van der Waals surface area (Å²) in [7, 11) is 0. The lowest BCUT2D eigenvalue weighted by Gasteiger charge is -2.52. The Morgan fingerprint density at radius 3 is 2.25 bits per heavy atom. The monoisotopic (exact) mass is 271 g/mol. The van der Waals surface area contributed by atoms with Gasteiger partial charge in [0.15, 0.2) is 0 Å². The van der Waals surface area contributed by atoms with Crippen LogP contribution in [0.2, 0.25) is 0 Å². The first-order valence-electron chi connectivity index (χ1n) is 8.28. The zero-order valence-electron chi connectivity index (χ0n) is 12.2. The van der Waals surface area contributed by atoms with Crippen molar-refractivity contribution >= 4 is 0 Å². The van der Waals surface area contributed by atoms with Crippen molar-refractivity contribution < 1.29 is 5.11 Å². The lowest BCUT2D eigenvalue weighted by Crippen LogP contribution is -2.57. The summed E-state index contributed by atoms with van der Waals surface area (Å²) >= 11 is 0. The van der Waals surface area contributed by atoms with Crippen molar-refractivity contribution in [3.05, 3.63) is 35.9 Å². The van der Waals surface area contributed by atoms with Crippen molar-refractivity contribution in [3.63, 3.8) is 0 Å². The molecule has 1 N–H and O–H groups in total. The molecule has 2 bridgehead atoms. The minimum atomic E-state index is -0.586. The summed E-state index contributed by atoms with van der Waals surface area (Å²) in [6.45, 7) is 1.29. The molecule has 1 aromatic carbocycles. The summed E-state index contributed by atoms with van der Waals surface area (Å²) in [5, 5.41) is 11.2. The van der Waals surface area contributed by atoms with Gasteiger partial charge in [-0.15, -0.1) is 0 Å². The van der Waals surface area contributed by atoms with E-state index >= 15 is 0 Å². The van der Waals surface area contributed by atoms with E-state index in [1.54, 1.807) is 0 Å². The van der Waals surface area contributed by atoms with Crippen LogP contribution in [-0.4, -0.2) is 28.6 Å². The normalized spacial score (nSPS) is 37.9. The first-order valence-corrected chi connectivity index (χ1v) is 8.28. The van der Waals surface area contributed by atoms with E-state index in [2.05, 4.69) is 29.2 Å². The largest absolute Gasteiger partial charge is 0.385 e. The van der Waals surface area contributed by atoms with Crippen molar-refractivity contribution in [3.8, 4) is 0 Å². The van der Waals surface area contributed by atoms with Crippen LogP contribution in [0.5, 0.6) is 0 Å². The molecule has 2 heterocycles. The van der Waals surface area contributed by atoms with Crippen LogP contribution >= 0.6 is 0 Å². The fraction of sp³-hybridized carbons (Fsp3) is 0.667. The van der Waals surface area contributed by atoms with Crippen molar-refractivity contribution in [2.24, 2.45) is 5.92 Å². The highest BCUT2D eigenvalue weighted by molar-refractivity contribution is 5.24. The van der Waals surface area contributed by atoms with Crippen LogP contribution in [0, 0.1) is 5.92 Å². The van der Waals surface area contributed by atoms with E-state index in [-0.39, 0.29) is 0 Å². The smallest absolute Gasteiger partial charge is 0.0926 e. The number of fused-ring (bicyclic) bond motifs is 2. The van der Waals surface area contributed by atoms with Gasteiger partial charge >= 0.3 is 0 Å². The van der Waals surface area contributed by atoms with Crippen molar-refractivity contribution in [2.75, 3.05) is 6.54 Å². The fourth-order valence-corrected chi connectivity index (χ4v) is 4.40. The summed E-state index contributed by atoms with van der Waals surface area (Å²) in [5.41, 5.74) is 0.542. The lowest BCUT2D eigenvalue weighted by atomic mass is 9.72. The van der Waals surface area contributed by atoms with Gasteiger partial charge in [-0.3, -0.25) is 4.90 Å². The molecule has 0 spiro atoms. The van der Waals surface area contributed by atoms with E-state index in [0.717, 1.165) is 24.3 Å². The summed E-state index contributed by atoms with van der Waals surface area (Å²) in [6.07, 6.45) is 8.62. The van der Waals surface area contributed by atoms with E-state index in [1.165, 1.54) is 38.6 Å². The average Bonchev–Trinajstić information content (AvgIpc) is 3.25. The molecule has 2 saturated heterocycles. The maximum atomic E-state index is 11.2. The second kappa shape index (κ2) is 4.85. The Morgan fingerprint density at radius 2 is 1.65 bits per heavy atom. The molecule has 2 heteroatoms. The Hall–Kier alpha value is -0.860. The number of hydrogen-bond donors (Lipinski definition) is 1. The highest BCUT2D eigenvalue weighted by atomic mass is 16.3. The van der Waals surface area contributed by atoms with E-state index in [9.17, 15) is 5.11 Å². The van der Waals surface area contributed by atoms with Gasteiger partial charge in [-0.25, -0.2) is 0 Å². The molecule has 3 atom stereocenters. The minimum absolute atomic E-state index is 0.586. The van der Waals surface area contributed by atoms with Crippen LogP contribution in [0.3, 0.4) is 0 Å². The molecule has 0 amide bonds. The molecule has 4 rings (SSSR count). The van der Waals surface area contributed by atoms with Gasteiger partial charge < -0.3 is 5.11 Å². The maximum absolute atomic E-state index is 11.2. The maximum Gasteiger partial charge on any atom is 0.0926 e. The first-order chi connectivity index (χ1) is 9.74. The molecule has 0 radical (unpaired) electrons. The zero-order chi connectivity index (χ0) is 13.6. The number of aliphatic hydroxyl groups is 1. The van der Waals surface area contributed by atoms with Gasteiger partial charge in [0, 0.05) is 18.6 Å². The molecule has 1 saturated carbocycles. The molecule has 3 aliphatic rings. The Morgan fingerprint density at radius 1 is 1.00 bits per heavy atom. The third kappa shape index (κ3) is 2.29. The van der Waals surface area contributed by atoms with Crippen LogP contribution in [-0.2, 0) is 5.60 Å². The predicted molar refractivity (Wildman–Crippen MR) is 80.4 cm³/mol. The van der Waals surface area contributed by atoms with Gasteiger partial charge in [0.2, 0.25) is 0 Å². The third-order valence-electron chi connectivity index (χ3n) is 5.64. The number of piperidine rings is 2. The number of benzene rings is 1. The fourth-order valence-electron chi connectivity index (χ4n) is 4.40. The SMILES string of the molecule is OC1(c2ccccc2)C[C@H]2CCC[C@@H](C1)N2CC1CC1. The van der Waals surface area contributed by atoms with E-state index < -0.39 is 5.60 Å². The van der Waals surface area contributed by atoms with Gasteiger partial charge in [0.1, 0.15) is 0 Å². The average molecular weight is 271 g/mol. The van der Waals surface area contributed by atoms with Crippen LogP contribution < -0.4 is 0 Å². The number of nitrogens with zero attached hydrogens (tertiary/aromatic N) is 1. The molecule has 108 valence electrons. The Kier molecular flexibility index (Phi) is 3.12. The summed E-state index contributed by atoms with van der Waals surface area (Å²) in [6, 6.07) is 11.6. The molecular weight excluding hydrogens is 246 g/mol. The number of hydrogen-bond acceptors (Lipinski definition) is 2. The zero-order valence-corrected chi connectivity index (χ0v) is 12.2. The van der Waals surface area contributed by atoms with E-state index in [0.29, 0.717) is 12.1 Å². The van der Waals surface area contributed by atoms with E-state index in [4.69, 9.17) is 0 Å². The molecule has 2 aliphatic heterocycles. The second-order valence-corrected chi connectivity index (χ2v) is 7.18. The molecule has 1 aliphatic carbocycles. The van der Waals surface area contributed by atoms with Crippen LogP contribution in [0.4, 0.5) is 0 Å². The summed E-state index contributed by atoms with van der Waals surface area (Å²) in [5.74, 6) is 0.959. The summed E-state index contributed by atoms with van der Waals surface area (Å²) < 4.78 is 0. The lowest BCUT2D eigenvalue weighted by molar-refractivity contribution is -0.0979. The second-order valence-electron chi connectivity index (χ2n) is 7.18. The van der Waals surface area contributed by atoms with Gasteiger partial charge in [0.25, 0.3) is 0 Å². The van der Waals surface area contributed by atoms with Crippen LogP contribution in [0.1, 0.15) is 50.5 Å². The standard InChI is InChI=1S/C18H25NO/c20-18(15-5-2-1-3-6-15)11-16-7-4-8-17(12-18)19(16)13-14-9-10-14/h1-3,5-6,14,16-17,20H,4,7-13H2/t16-,17+,18?. The first kappa shape index (κ1) is 12.8. The molecule has 0 aromatic heterocycles. The Balaban J connectivity index is 1.57. The van der Waals surface area contributed by atoms with Crippen molar-refractivity contribution in [1.82, 2.24) is 4.90 Å². The van der Waals surface area contributed by atoms with Crippen LogP contribution in [0.25, 0.3) is 0 Å². The Bertz CT molecular complexity index is 454. The molecule has 1 unspecified atom stereocenters. The van der Waals surface area contributed by atoms with Gasteiger partial charge in [-0.05, 0) is 50.0 Å². The number of rotatable bonds is 3. The minimum Gasteiger partial charge on any atom is -0.385 e. The topological polar surface area (TPSA) is 23.5 Å². The van der Waals surface area contributed by atoms with Gasteiger partial charge in [0.05, 0.1) is 5.60 Å². The molecular formula is C18H25NO. The van der Waals surface area contributed by atoms with Crippen molar-refractivity contribution in [1.29, 1.82) is 0 Å². The predicted octanol–water partition coefficient (Wildman–Crippen LogP) is 3.30. The quantitative estimate of drug-likeness (QED) is 0.912. The third-order valence-corrected chi connectivity index (χ3v) is 5.64. The van der Waals surface area contributed by atoms with Crippen LogP contribution in [0.15, 0.2) is 30.3 Å². The Labute approximate surface area is 121 Å². The van der Waals surface area contributed by atoms with Crippen molar-refractivity contribution in [2.45, 2.75) is 62.6 Å². The highest BCUT2D eigenvalue weighted by Gasteiger charge is 2.47. The molecule has 1 aromatic rings. The van der Waals surface area contributed by atoms with Gasteiger partial charge in [-0.2, -0.15) is 0 Å². The summed E-state index contributed by atoms with van der Waals surface area (Å²) in [4.78, 5) is 2.75. The van der Waals surface area contributed by atoms with E-state index in [1.807, 2.05) is 6.07 Å². The van der Waals surface area contributed by atoms with Gasteiger partial charge in [-0.1, -0.05) is 36.8 Å². The molecule has 2 nitrogen and oxygen atoms in total. The highest BCUT2D eigenvalue weighted by Crippen LogP contribution is 2.45.